The second-order valence-corrected chi connectivity index (χ2v) is 6.00. The highest BCUT2D eigenvalue weighted by atomic mass is 35.5. The fraction of sp³-hybridized carbons (Fsp3) is 0.111. The van der Waals surface area contributed by atoms with Crippen molar-refractivity contribution >= 4 is 35.0 Å². The van der Waals surface area contributed by atoms with Crippen molar-refractivity contribution in [2.24, 2.45) is 0 Å². The van der Waals surface area contributed by atoms with E-state index in [0.717, 1.165) is 0 Å². The van der Waals surface area contributed by atoms with Crippen LogP contribution in [0.3, 0.4) is 0 Å². The Kier molecular flexibility index (Phi) is 5.68. The number of nitrogens with zero attached hydrogens (tertiary/aromatic N) is 2. The van der Waals surface area contributed by atoms with E-state index in [4.69, 9.17) is 21.1 Å². The summed E-state index contributed by atoms with van der Waals surface area (Å²) >= 11 is 5.88. The largest absolute Gasteiger partial charge is 0.481 e. The summed E-state index contributed by atoms with van der Waals surface area (Å²) < 4.78 is 5.43. The molecule has 0 atom stereocenters. The first kappa shape index (κ1) is 18.4. The summed E-state index contributed by atoms with van der Waals surface area (Å²) in [7, 11) is 0. The first-order valence-electron chi connectivity index (χ1n) is 7.98. The van der Waals surface area contributed by atoms with Crippen LogP contribution in [0.15, 0.2) is 52.9 Å². The molecule has 0 spiro atoms. The number of carboxylic acid groups (broad SMARTS) is 1. The highest BCUT2D eigenvalue weighted by Gasteiger charge is 2.10. The van der Waals surface area contributed by atoms with Crippen LogP contribution in [0.2, 0.25) is 5.02 Å². The molecule has 3 N–H and O–H groups in total. The van der Waals surface area contributed by atoms with Crippen LogP contribution in [0.4, 0.5) is 16.2 Å². The van der Waals surface area contributed by atoms with Crippen LogP contribution < -0.4 is 10.6 Å². The van der Waals surface area contributed by atoms with E-state index < -0.39 is 12.0 Å². The second-order valence-electron chi connectivity index (χ2n) is 5.56. The van der Waals surface area contributed by atoms with Crippen LogP contribution >= 0.6 is 11.6 Å². The van der Waals surface area contributed by atoms with Gasteiger partial charge in [-0.3, -0.25) is 4.79 Å². The Morgan fingerprint density at radius 3 is 2.48 bits per heavy atom. The van der Waals surface area contributed by atoms with Crippen LogP contribution in [0.1, 0.15) is 12.3 Å². The Morgan fingerprint density at radius 2 is 1.78 bits per heavy atom. The number of carbonyl (C=O) groups excluding carboxylic acids is 1. The zero-order valence-electron chi connectivity index (χ0n) is 14.0. The van der Waals surface area contributed by atoms with Gasteiger partial charge in [0, 0.05) is 28.4 Å². The van der Waals surface area contributed by atoms with Gasteiger partial charge in [0.2, 0.25) is 11.8 Å². The lowest BCUT2D eigenvalue weighted by Crippen LogP contribution is -2.19. The van der Waals surface area contributed by atoms with Gasteiger partial charge in [-0.1, -0.05) is 17.7 Å². The van der Waals surface area contributed by atoms with Gasteiger partial charge in [0.1, 0.15) is 0 Å². The van der Waals surface area contributed by atoms with E-state index in [0.29, 0.717) is 22.0 Å². The lowest BCUT2D eigenvalue weighted by molar-refractivity contribution is -0.137. The van der Waals surface area contributed by atoms with Gasteiger partial charge in [-0.25, -0.2) is 4.79 Å². The molecule has 0 aliphatic heterocycles. The number of aryl methyl sites for hydroxylation is 1. The third-order valence-electron chi connectivity index (χ3n) is 3.49. The summed E-state index contributed by atoms with van der Waals surface area (Å²) in [5, 5.41) is 22.3. The maximum atomic E-state index is 12.0. The Balaban J connectivity index is 1.60. The van der Waals surface area contributed by atoms with E-state index in [1.54, 1.807) is 48.5 Å². The number of aromatic nitrogens is 2. The topological polar surface area (TPSA) is 117 Å². The minimum atomic E-state index is -0.929. The maximum absolute atomic E-state index is 12.0. The van der Waals surface area contributed by atoms with Gasteiger partial charge in [-0.15, -0.1) is 10.2 Å². The summed E-state index contributed by atoms with van der Waals surface area (Å²) in [6.45, 7) is 0. The number of amides is 2. The summed E-state index contributed by atoms with van der Waals surface area (Å²) in [4.78, 5) is 22.6. The number of urea groups is 1. The highest BCUT2D eigenvalue weighted by Crippen LogP contribution is 2.21. The smallest absolute Gasteiger partial charge is 0.323 e. The fourth-order valence-electron chi connectivity index (χ4n) is 2.24. The molecule has 2 amide bonds. The summed E-state index contributed by atoms with van der Waals surface area (Å²) in [6, 6.07) is 13.2. The summed E-state index contributed by atoms with van der Waals surface area (Å²) in [5.74, 6) is -0.387. The van der Waals surface area contributed by atoms with Crippen LogP contribution in [0.25, 0.3) is 11.5 Å². The minimum Gasteiger partial charge on any atom is -0.481 e. The van der Waals surface area contributed by atoms with Crippen molar-refractivity contribution in [3.8, 4) is 11.5 Å². The Bertz CT molecular complexity index is 956. The third-order valence-corrected chi connectivity index (χ3v) is 3.73. The van der Waals surface area contributed by atoms with Gasteiger partial charge in [0.25, 0.3) is 0 Å². The van der Waals surface area contributed by atoms with Gasteiger partial charge in [-0.05, 0) is 42.5 Å². The third kappa shape index (κ3) is 5.29. The number of hydrogen-bond acceptors (Lipinski definition) is 5. The number of anilines is 2. The molecule has 0 fully saturated rings. The van der Waals surface area contributed by atoms with Crippen LogP contribution in [-0.2, 0) is 11.2 Å². The first-order chi connectivity index (χ1) is 13.0. The lowest BCUT2D eigenvalue weighted by Gasteiger charge is -2.08. The van der Waals surface area contributed by atoms with Crippen molar-refractivity contribution in [3.05, 3.63) is 59.4 Å². The maximum Gasteiger partial charge on any atom is 0.323 e. The van der Waals surface area contributed by atoms with Gasteiger partial charge in [-0.2, -0.15) is 0 Å². The molecule has 2 aromatic carbocycles. The Hall–Kier alpha value is -3.39. The Labute approximate surface area is 159 Å². The molecule has 9 heteroatoms. The van der Waals surface area contributed by atoms with Crippen molar-refractivity contribution in [1.29, 1.82) is 0 Å². The molecular weight excluding hydrogens is 372 g/mol. The van der Waals surface area contributed by atoms with E-state index >= 15 is 0 Å². The minimum absolute atomic E-state index is 0.0772. The van der Waals surface area contributed by atoms with Crippen molar-refractivity contribution in [3.63, 3.8) is 0 Å². The SMILES string of the molecule is O=C(O)CCc1nnc(-c2ccc(NC(=O)Nc3cccc(Cl)c3)cc2)o1. The fourth-order valence-corrected chi connectivity index (χ4v) is 2.43. The number of carbonyl (C=O) groups is 2. The zero-order chi connectivity index (χ0) is 19.2. The molecule has 8 nitrogen and oxygen atoms in total. The van der Waals surface area contributed by atoms with E-state index in [2.05, 4.69) is 20.8 Å². The molecule has 1 heterocycles. The number of carboxylic acids is 1. The standard InChI is InChI=1S/C18H15ClN4O4/c19-12-2-1-3-14(10-12)21-18(26)20-13-6-4-11(5-7-13)17-23-22-15(27-17)8-9-16(24)25/h1-7,10H,8-9H2,(H,24,25)(H2,20,21,26). The molecule has 0 saturated carbocycles. The number of hydrogen-bond donors (Lipinski definition) is 3. The van der Waals surface area contributed by atoms with Gasteiger partial charge in [0.15, 0.2) is 0 Å². The van der Waals surface area contributed by atoms with Gasteiger partial charge in [0.05, 0.1) is 6.42 Å². The van der Waals surface area contributed by atoms with Crippen molar-refractivity contribution in [1.82, 2.24) is 10.2 Å². The second kappa shape index (κ2) is 8.33. The van der Waals surface area contributed by atoms with Crippen molar-refractivity contribution < 1.29 is 19.1 Å². The van der Waals surface area contributed by atoms with Gasteiger partial charge < -0.3 is 20.2 Å². The molecule has 0 unspecified atom stereocenters. The summed E-state index contributed by atoms with van der Waals surface area (Å²) in [6.07, 6.45) is 0.0951. The Morgan fingerprint density at radius 1 is 1.04 bits per heavy atom. The molecule has 0 saturated heterocycles. The molecule has 0 radical (unpaired) electrons. The molecule has 3 rings (SSSR count). The number of nitrogens with one attached hydrogen (secondary N) is 2. The summed E-state index contributed by atoms with van der Waals surface area (Å²) in [5.41, 5.74) is 1.81. The van der Waals surface area contributed by atoms with E-state index in [-0.39, 0.29) is 24.6 Å². The van der Waals surface area contributed by atoms with Gasteiger partial charge >= 0.3 is 12.0 Å². The molecule has 0 bridgehead atoms. The lowest BCUT2D eigenvalue weighted by atomic mass is 10.2. The molecule has 3 aromatic rings. The first-order valence-corrected chi connectivity index (χ1v) is 8.35. The molecular formula is C18H15ClN4O4. The predicted molar refractivity (Wildman–Crippen MR) is 99.8 cm³/mol. The monoisotopic (exact) mass is 386 g/mol. The number of aliphatic carboxylic acids is 1. The average molecular weight is 387 g/mol. The van der Waals surface area contributed by atoms with E-state index in [9.17, 15) is 9.59 Å². The van der Waals surface area contributed by atoms with Crippen LogP contribution in [0, 0.1) is 0 Å². The normalized spacial score (nSPS) is 10.4. The molecule has 0 aliphatic rings. The number of benzene rings is 2. The van der Waals surface area contributed by atoms with Crippen LogP contribution in [0.5, 0.6) is 0 Å². The molecule has 138 valence electrons. The number of halogens is 1. The predicted octanol–water partition coefficient (Wildman–Crippen LogP) is 4.05. The molecule has 0 aliphatic carbocycles. The van der Waals surface area contributed by atoms with Crippen LogP contribution in [-0.4, -0.2) is 27.3 Å². The molecule has 1 aromatic heterocycles. The quantitative estimate of drug-likeness (QED) is 0.588. The number of rotatable bonds is 6. The van der Waals surface area contributed by atoms with Crippen molar-refractivity contribution in [2.75, 3.05) is 10.6 Å². The average Bonchev–Trinajstić information content (AvgIpc) is 3.09. The van der Waals surface area contributed by atoms with E-state index in [1.807, 2.05) is 0 Å². The molecule has 27 heavy (non-hydrogen) atoms. The zero-order valence-corrected chi connectivity index (χ0v) is 14.7. The van der Waals surface area contributed by atoms with E-state index in [1.165, 1.54) is 0 Å². The van der Waals surface area contributed by atoms with Crippen molar-refractivity contribution in [2.45, 2.75) is 12.8 Å². The highest BCUT2D eigenvalue weighted by molar-refractivity contribution is 6.30.